The van der Waals surface area contributed by atoms with E-state index in [-0.39, 0.29) is 0 Å². The molecule has 3 aromatic carbocycles. The average Bonchev–Trinajstić information content (AvgIpc) is 3.18. The summed E-state index contributed by atoms with van der Waals surface area (Å²) in [6, 6.07) is 19.0. The number of para-hydroxylation sites is 2. The SMILES string of the molecule is COc1ccc(NC(=O)C(OC(=O)C(C)n2c(=O)oc3ccccc32)c2ccccc2)cc1Cl. The lowest BCUT2D eigenvalue weighted by atomic mass is 10.1. The number of hydrogen-bond acceptors (Lipinski definition) is 6. The number of nitrogens with zero attached hydrogens (tertiary/aromatic N) is 1. The number of carbonyl (C=O) groups is 2. The van der Waals surface area contributed by atoms with Crippen molar-refractivity contribution >= 4 is 40.3 Å². The molecule has 2 atom stereocenters. The lowest BCUT2D eigenvalue weighted by molar-refractivity contribution is -0.157. The summed E-state index contributed by atoms with van der Waals surface area (Å²) in [6.07, 6.45) is -1.27. The first-order valence-electron chi connectivity index (χ1n) is 10.4. The van der Waals surface area contributed by atoms with Gasteiger partial charge in [-0.1, -0.05) is 54.1 Å². The molecular formula is C25H21ClN2O6. The first-order valence-corrected chi connectivity index (χ1v) is 10.8. The number of methoxy groups -OCH3 is 1. The van der Waals surface area contributed by atoms with Gasteiger partial charge in [-0.3, -0.25) is 9.36 Å². The third kappa shape index (κ3) is 4.67. The highest BCUT2D eigenvalue weighted by Crippen LogP contribution is 2.29. The zero-order chi connectivity index (χ0) is 24.2. The second kappa shape index (κ2) is 9.84. The summed E-state index contributed by atoms with van der Waals surface area (Å²) in [5, 5.41) is 3.02. The third-order valence-electron chi connectivity index (χ3n) is 5.24. The van der Waals surface area contributed by atoms with Crippen molar-refractivity contribution < 1.29 is 23.5 Å². The Morgan fingerprint density at radius 3 is 2.44 bits per heavy atom. The Balaban J connectivity index is 1.60. The number of benzene rings is 3. The van der Waals surface area contributed by atoms with Gasteiger partial charge in [-0.15, -0.1) is 0 Å². The van der Waals surface area contributed by atoms with Crippen LogP contribution in [0.15, 0.2) is 82.0 Å². The Morgan fingerprint density at radius 2 is 1.74 bits per heavy atom. The second-order valence-corrected chi connectivity index (χ2v) is 7.86. The van der Waals surface area contributed by atoms with Gasteiger partial charge < -0.3 is 19.2 Å². The summed E-state index contributed by atoms with van der Waals surface area (Å²) in [4.78, 5) is 38.6. The zero-order valence-corrected chi connectivity index (χ0v) is 19.1. The van der Waals surface area contributed by atoms with Crippen LogP contribution in [0.1, 0.15) is 24.6 Å². The number of rotatable bonds is 7. The second-order valence-electron chi connectivity index (χ2n) is 7.45. The maximum absolute atomic E-state index is 13.2. The minimum Gasteiger partial charge on any atom is -0.495 e. The van der Waals surface area contributed by atoms with Gasteiger partial charge in [0.2, 0.25) is 6.10 Å². The number of nitrogens with one attached hydrogen (secondary N) is 1. The number of fused-ring (bicyclic) bond motifs is 1. The first kappa shape index (κ1) is 23.1. The van der Waals surface area contributed by atoms with Gasteiger partial charge in [-0.25, -0.2) is 9.59 Å². The van der Waals surface area contributed by atoms with Gasteiger partial charge in [0.05, 0.1) is 17.6 Å². The molecule has 4 rings (SSSR count). The summed E-state index contributed by atoms with van der Waals surface area (Å²) in [7, 11) is 1.49. The number of oxazole rings is 1. The predicted molar refractivity (Wildman–Crippen MR) is 127 cm³/mol. The van der Waals surface area contributed by atoms with Crippen molar-refractivity contribution in [3.8, 4) is 5.75 Å². The lowest BCUT2D eigenvalue weighted by Crippen LogP contribution is -2.31. The molecule has 1 amide bonds. The molecule has 1 heterocycles. The number of anilines is 1. The number of aromatic nitrogens is 1. The molecule has 0 saturated carbocycles. The molecule has 0 spiro atoms. The van der Waals surface area contributed by atoms with Crippen LogP contribution < -0.4 is 15.8 Å². The summed E-state index contributed by atoms with van der Waals surface area (Å²) in [5.74, 6) is -1.60. The number of amides is 1. The number of halogens is 1. The maximum Gasteiger partial charge on any atom is 0.420 e. The van der Waals surface area contributed by atoms with Gasteiger partial charge in [-0.05, 0) is 37.3 Å². The average molecular weight is 481 g/mol. The van der Waals surface area contributed by atoms with Gasteiger partial charge >= 0.3 is 11.7 Å². The standard InChI is InChI=1S/C25H21ClN2O6/c1-15(28-19-10-6-7-11-21(19)33-25(28)31)24(30)34-22(16-8-4-3-5-9-16)23(29)27-17-12-13-20(32-2)18(26)14-17/h3-15,22H,1-2H3,(H,27,29). The number of carbonyl (C=O) groups excluding carboxylic acids is 2. The molecule has 8 nitrogen and oxygen atoms in total. The Hall–Kier alpha value is -4.04. The number of hydrogen-bond donors (Lipinski definition) is 1. The largest absolute Gasteiger partial charge is 0.495 e. The molecule has 9 heteroatoms. The lowest BCUT2D eigenvalue weighted by Gasteiger charge is -2.21. The van der Waals surface area contributed by atoms with Crippen molar-refractivity contribution in [3.05, 3.63) is 93.9 Å². The van der Waals surface area contributed by atoms with E-state index in [1.165, 1.54) is 24.7 Å². The van der Waals surface area contributed by atoms with Gasteiger partial charge in [0, 0.05) is 11.3 Å². The Labute approximate surface area is 199 Å². The number of esters is 1. The van der Waals surface area contributed by atoms with E-state index in [0.717, 1.165) is 0 Å². The Kier molecular flexibility index (Phi) is 6.70. The third-order valence-corrected chi connectivity index (χ3v) is 5.54. The van der Waals surface area contributed by atoms with E-state index in [1.807, 2.05) is 0 Å². The van der Waals surface area contributed by atoms with E-state index < -0.39 is 29.8 Å². The molecule has 0 aliphatic carbocycles. The van der Waals surface area contributed by atoms with Crippen LogP contribution in [0.2, 0.25) is 5.02 Å². The molecule has 2 unspecified atom stereocenters. The van der Waals surface area contributed by atoms with Crippen LogP contribution >= 0.6 is 11.6 Å². The molecule has 174 valence electrons. The van der Waals surface area contributed by atoms with Crippen molar-refractivity contribution in [2.45, 2.75) is 19.1 Å². The topological polar surface area (TPSA) is 99.8 Å². The summed E-state index contributed by atoms with van der Waals surface area (Å²) in [6.45, 7) is 1.51. The fraction of sp³-hybridized carbons (Fsp3) is 0.160. The van der Waals surface area contributed by atoms with E-state index in [1.54, 1.807) is 66.7 Å². The highest BCUT2D eigenvalue weighted by Gasteiger charge is 2.30. The molecule has 0 aliphatic rings. The van der Waals surface area contributed by atoms with E-state index in [9.17, 15) is 14.4 Å². The summed E-state index contributed by atoms with van der Waals surface area (Å²) < 4.78 is 17.2. The summed E-state index contributed by atoms with van der Waals surface area (Å²) in [5.41, 5.74) is 1.66. The molecule has 0 bridgehead atoms. The quantitative estimate of drug-likeness (QED) is 0.383. The normalized spacial score (nSPS) is 12.7. The first-order chi connectivity index (χ1) is 16.4. The Bertz CT molecular complexity index is 1400. The molecule has 0 aliphatic heterocycles. The molecule has 34 heavy (non-hydrogen) atoms. The minimum atomic E-state index is -1.27. The van der Waals surface area contributed by atoms with Gasteiger partial charge in [0.1, 0.15) is 11.8 Å². The smallest absolute Gasteiger partial charge is 0.420 e. The van der Waals surface area contributed by atoms with E-state index in [2.05, 4.69) is 5.32 Å². The van der Waals surface area contributed by atoms with Crippen LogP contribution in [0, 0.1) is 0 Å². The highest BCUT2D eigenvalue weighted by molar-refractivity contribution is 6.32. The molecule has 1 N–H and O–H groups in total. The molecule has 0 saturated heterocycles. The molecule has 1 aromatic heterocycles. The van der Waals surface area contributed by atoms with Crippen LogP contribution in [0.3, 0.4) is 0 Å². The van der Waals surface area contributed by atoms with E-state index >= 15 is 0 Å². The van der Waals surface area contributed by atoms with Crippen LogP contribution in [0.5, 0.6) is 5.75 Å². The fourth-order valence-electron chi connectivity index (χ4n) is 3.52. The van der Waals surface area contributed by atoms with Crippen molar-refractivity contribution in [1.82, 2.24) is 4.57 Å². The van der Waals surface area contributed by atoms with Crippen LogP contribution in [-0.2, 0) is 14.3 Å². The fourth-order valence-corrected chi connectivity index (χ4v) is 3.78. The van der Waals surface area contributed by atoms with Crippen LogP contribution in [-0.4, -0.2) is 23.6 Å². The number of ether oxygens (including phenoxy) is 2. The van der Waals surface area contributed by atoms with Crippen LogP contribution in [0.4, 0.5) is 5.69 Å². The molecule has 0 radical (unpaired) electrons. The van der Waals surface area contributed by atoms with Crippen molar-refractivity contribution in [3.63, 3.8) is 0 Å². The van der Waals surface area contributed by atoms with Crippen LogP contribution in [0.25, 0.3) is 11.1 Å². The van der Waals surface area contributed by atoms with Crippen molar-refractivity contribution in [2.75, 3.05) is 12.4 Å². The Morgan fingerprint density at radius 1 is 1.03 bits per heavy atom. The summed E-state index contributed by atoms with van der Waals surface area (Å²) >= 11 is 6.15. The minimum absolute atomic E-state index is 0.313. The molecule has 4 aromatic rings. The predicted octanol–water partition coefficient (Wildman–Crippen LogP) is 4.74. The monoisotopic (exact) mass is 480 g/mol. The highest BCUT2D eigenvalue weighted by atomic mass is 35.5. The van der Waals surface area contributed by atoms with Gasteiger partial charge in [0.25, 0.3) is 5.91 Å². The van der Waals surface area contributed by atoms with Crippen molar-refractivity contribution in [2.24, 2.45) is 0 Å². The maximum atomic E-state index is 13.2. The van der Waals surface area contributed by atoms with Crippen molar-refractivity contribution in [1.29, 1.82) is 0 Å². The van der Waals surface area contributed by atoms with Gasteiger partial charge in [-0.2, -0.15) is 0 Å². The van der Waals surface area contributed by atoms with E-state index in [4.69, 9.17) is 25.5 Å². The molecular weight excluding hydrogens is 460 g/mol. The molecule has 0 fully saturated rings. The van der Waals surface area contributed by atoms with E-state index in [0.29, 0.717) is 33.1 Å². The zero-order valence-electron chi connectivity index (χ0n) is 18.4. The van der Waals surface area contributed by atoms with Gasteiger partial charge in [0.15, 0.2) is 5.58 Å².